The molecule has 1 unspecified atom stereocenters. The third kappa shape index (κ3) is 5.22. The van der Waals surface area contributed by atoms with Gasteiger partial charge in [0.2, 0.25) is 0 Å². The molecule has 4 heteroatoms. The molecule has 0 saturated heterocycles. The van der Waals surface area contributed by atoms with Gasteiger partial charge in [-0.2, -0.15) is 0 Å². The Labute approximate surface area is 91.2 Å². The molecule has 0 aliphatic carbocycles. The van der Waals surface area contributed by atoms with Gasteiger partial charge >= 0.3 is 5.97 Å². The lowest BCUT2D eigenvalue weighted by Crippen LogP contribution is -2.34. The fraction of sp³-hybridized carbons (Fsp3) is 0.545. The first-order valence-electron chi connectivity index (χ1n) is 4.98. The molecule has 0 aromatic carbocycles. The van der Waals surface area contributed by atoms with E-state index in [0.717, 1.165) is 19.2 Å². The summed E-state index contributed by atoms with van der Waals surface area (Å²) in [5, 5.41) is 0. The Bertz CT molecular complexity index is 234. The van der Waals surface area contributed by atoms with Crippen LogP contribution in [-0.4, -0.2) is 30.2 Å². The Morgan fingerprint density at radius 2 is 2.00 bits per heavy atom. The van der Waals surface area contributed by atoms with Gasteiger partial charge in [-0.3, -0.25) is 4.90 Å². The van der Waals surface area contributed by atoms with Crippen LogP contribution in [0.5, 0.6) is 0 Å². The molecule has 0 amide bonds. The van der Waals surface area contributed by atoms with E-state index in [9.17, 15) is 4.79 Å². The van der Waals surface area contributed by atoms with Gasteiger partial charge in [-0.1, -0.05) is 20.4 Å². The van der Waals surface area contributed by atoms with Crippen LogP contribution in [0.15, 0.2) is 25.2 Å². The SMILES string of the molecule is C=CC(=O)OC(=C)OC(C)N(CC)CC. The van der Waals surface area contributed by atoms with Crippen molar-refractivity contribution in [2.75, 3.05) is 13.1 Å². The van der Waals surface area contributed by atoms with Gasteiger partial charge in [0, 0.05) is 6.08 Å². The second kappa shape index (κ2) is 7.06. The van der Waals surface area contributed by atoms with Crippen LogP contribution in [0.25, 0.3) is 0 Å². The molecule has 0 aromatic heterocycles. The lowest BCUT2D eigenvalue weighted by molar-refractivity contribution is -0.144. The minimum absolute atomic E-state index is 0.000648. The summed E-state index contributed by atoms with van der Waals surface area (Å²) in [7, 11) is 0. The van der Waals surface area contributed by atoms with E-state index in [4.69, 9.17) is 9.47 Å². The van der Waals surface area contributed by atoms with Crippen LogP contribution in [-0.2, 0) is 14.3 Å². The molecule has 0 rings (SSSR count). The van der Waals surface area contributed by atoms with Crippen LogP contribution >= 0.6 is 0 Å². The van der Waals surface area contributed by atoms with Gasteiger partial charge in [0.1, 0.15) is 0 Å². The molecule has 0 N–H and O–H groups in total. The maximum atomic E-state index is 10.8. The Balaban J connectivity index is 4.05. The molecular formula is C11H19NO3. The number of ether oxygens (including phenoxy) is 2. The zero-order valence-electron chi connectivity index (χ0n) is 9.66. The highest BCUT2D eigenvalue weighted by Crippen LogP contribution is 2.07. The van der Waals surface area contributed by atoms with Gasteiger partial charge in [-0.25, -0.2) is 4.79 Å². The molecule has 0 aromatic rings. The van der Waals surface area contributed by atoms with E-state index < -0.39 is 5.97 Å². The quantitative estimate of drug-likeness (QED) is 0.280. The minimum atomic E-state index is -0.563. The van der Waals surface area contributed by atoms with E-state index in [0.29, 0.717) is 0 Å². The highest BCUT2D eigenvalue weighted by atomic mass is 16.7. The third-order valence-electron chi connectivity index (χ3n) is 2.01. The molecular weight excluding hydrogens is 194 g/mol. The fourth-order valence-corrected chi connectivity index (χ4v) is 1.18. The molecule has 0 fully saturated rings. The van der Waals surface area contributed by atoms with Crippen molar-refractivity contribution in [2.45, 2.75) is 27.0 Å². The van der Waals surface area contributed by atoms with Gasteiger partial charge in [-0.05, 0) is 26.6 Å². The summed E-state index contributed by atoms with van der Waals surface area (Å²) in [5.74, 6) is -0.564. The van der Waals surface area contributed by atoms with Crippen molar-refractivity contribution < 1.29 is 14.3 Å². The van der Waals surface area contributed by atoms with E-state index in [2.05, 4.69) is 18.1 Å². The van der Waals surface area contributed by atoms with Crippen molar-refractivity contribution in [3.8, 4) is 0 Å². The maximum absolute atomic E-state index is 10.8. The average molecular weight is 213 g/mol. The minimum Gasteiger partial charge on any atom is -0.446 e. The summed E-state index contributed by atoms with van der Waals surface area (Å²) < 4.78 is 10.0. The first-order valence-corrected chi connectivity index (χ1v) is 4.98. The van der Waals surface area contributed by atoms with E-state index in [1.54, 1.807) is 0 Å². The van der Waals surface area contributed by atoms with Crippen LogP contribution in [0.3, 0.4) is 0 Å². The van der Waals surface area contributed by atoms with E-state index >= 15 is 0 Å². The molecule has 86 valence electrons. The predicted octanol–water partition coefficient (Wildman–Crippen LogP) is 1.89. The molecule has 0 heterocycles. The first kappa shape index (κ1) is 13.7. The number of nitrogens with zero attached hydrogens (tertiary/aromatic N) is 1. The van der Waals surface area contributed by atoms with Crippen LogP contribution in [0, 0.1) is 0 Å². The molecule has 1 atom stereocenters. The van der Waals surface area contributed by atoms with Gasteiger partial charge < -0.3 is 9.47 Å². The van der Waals surface area contributed by atoms with Crippen molar-refractivity contribution in [3.05, 3.63) is 25.2 Å². The van der Waals surface area contributed by atoms with E-state index in [-0.39, 0.29) is 12.2 Å². The molecule has 0 aliphatic heterocycles. The number of hydrogen-bond donors (Lipinski definition) is 0. The Morgan fingerprint density at radius 3 is 2.40 bits per heavy atom. The van der Waals surface area contributed by atoms with Crippen molar-refractivity contribution in [1.82, 2.24) is 4.90 Å². The summed E-state index contributed by atoms with van der Waals surface area (Å²) >= 11 is 0. The smallest absolute Gasteiger partial charge is 0.337 e. The number of carbonyl (C=O) groups is 1. The molecule has 0 radical (unpaired) electrons. The first-order chi connectivity index (χ1) is 7.04. The van der Waals surface area contributed by atoms with E-state index in [1.807, 2.05) is 20.8 Å². The Hall–Kier alpha value is -1.29. The van der Waals surface area contributed by atoms with Crippen molar-refractivity contribution >= 4 is 5.97 Å². The number of esters is 1. The highest BCUT2D eigenvalue weighted by Gasteiger charge is 2.13. The monoisotopic (exact) mass is 213 g/mol. The van der Waals surface area contributed by atoms with Crippen molar-refractivity contribution in [3.63, 3.8) is 0 Å². The average Bonchev–Trinajstić information content (AvgIpc) is 2.19. The second-order valence-electron chi connectivity index (χ2n) is 2.94. The van der Waals surface area contributed by atoms with Gasteiger partial charge in [0.05, 0.1) is 0 Å². The number of hydrogen-bond acceptors (Lipinski definition) is 4. The summed E-state index contributed by atoms with van der Waals surface area (Å²) in [6.07, 6.45) is 0.904. The largest absolute Gasteiger partial charge is 0.446 e. The molecule has 4 nitrogen and oxygen atoms in total. The lowest BCUT2D eigenvalue weighted by Gasteiger charge is -2.26. The Morgan fingerprint density at radius 1 is 1.47 bits per heavy atom. The topological polar surface area (TPSA) is 38.8 Å². The standard InChI is InChI=1S/C11H19NO3/c1-6-11(13)15-10(5)14-9(4)12(7-2)8-3/h6,9H,1,5,7-8H2,2-4H3. The summed E-state index contributed by atoms with van der Waals surface area (Å²) in [4.78, 5) is 12.9. The molecule has 0 spiro atoms. The van der Waals surface area contributed by atoms with Crippen molar-refractivity contribution in [1.29, 1.82) is 0 Å². The fourth-order valence-electron chi connectivity index (χ4n) is 1.18. The maximum Gasteiger partial charge on any atom is 0.337 e. The second-order valence-corrected chi connectivity index (χ2v) is 2.94. The summed E-state index contributed by atoms with van der Waals surface area (Å²) in [5.41, 5.74) is 0. The van der Waals surface area contributed by atoms with Gasteiger partial charge in [0.15, 0.2) is 6.23 Å². The number of carbonyl (C=O) groups excluding carboxylic acids is 1. The van der Waals surface area contributed by atoms with Gasteiger partial charge in [-0.15, -0.1) is 0 Å². The predicted molar refractivity (Wildman–Crippen MR) is 58.9 cm³/mol. The zero-order chi connectivity index (χ0) is 11.8. The number of rotatable bonds is 7. The van der Waals surface area contributed by atoms with Crippen molar-refractivity contribution in [2.24, 2.45) is 0 Å². The van der Waals surface area contributed by atoms with E-state index in [1.165, 1.54) is 0 Å². The lowest BCUT2D eigenvalue weighted by atomic mass is 10.4. The van der Waals surface area contributed by atoms with Gasteiger partial charge in [0.25, 0.3) is 5.95 Å². The molecule has 0 aliphatic rings. The molecule has 15 heavy (non-hydrogen) atoms. The van der Waals surface area contributed by atoms with Crippen LogP contribution in [0.1, 0.15) is 20.8 Å². The molecule has 0 bridgehead atoms. The van der Waals surface area contributed by atoms with Crippen LogP contribution in [0.4, 0.5) is 0 Å². The zero-order valence-corrected chi connectivity index (χ0v) is 9.66. The summed E-state index contributed by atoms with van der Waals surface area (Å²) in [6, 6.07) is 0. The summed E-state index contributed by atoms with van der Waals surface area (Å²) in [6.45, 7) is 14.4. The Kier molecular flexibility index (Phi) is 6.45. The normalized spacial score (nSPS) is 12.0. The third-order valence-corrected chi connectivity index (χ3v) is 2.01. The van der Waals surface area contributed by atoms with Crippen LogP contribution < -0.4 is 0 Å². The highest BCUT2D eigenvalue weighted by molar-refractivity contribution is 5.81. The van der Waals surface area contributed by atoms with Crippen LogP contribution in [0.2, 0.25) is 0 Å². The molecule has 0 saturated carbocycles.